The number of nitrogens with zero attached hydrogens (tertiary/aromatic N) is 5. The number of carbonyl (C=O) groups excluding carboxylic acids is 1. The van der Waals surface area contributed by atoms with Crippen molar-refractivity contribution in [2.45, 2.75) is 13.5 Å². The van der Waals surface area contributed by atoms with Crippen LogP contribution >= 0.6 is 0 Å². The molecule has 2 aromatic heterocycles. The first kappa shape index (κ1) is 21.1. The summed E-state index contributed by atoms with van der Waals surface area (Å²) in [5.74, 6) is -4.58. The summed E-state index contributed by atoms with van der Waals surface area (Å²) in [7, 11) is 1.55. The van der Waals surface area contributed by atoms with E-state index in [9.17, 15) is 18.0 Å². The number of hydrogen-bond donors (Lipinski definition) is 1. The smallest absolute Gasteiger partial charge is 0.246 e. The monoisotopic (exact) mass is 442 g/mol. The Bertz CT molecular complexity index is 1300. The molecule has 1 amide bonds. The summed E-state index contributed by atoms with van der Waals surface area (Å²) in [6.45, 7) is 1.57. The molecule has 8 nitrogen and oxygen atoms in total. The van der Waals surface area contributed by atoms with Gasteiger partial charge in [-0.25, -0.2) is 22.8 Å². The first-order chi connectivity index (χ1) is 15.4. The second-order valence-corrected chi connectivity index (χ2v) is 6.88. The van der Waals surface area contributed by atoms with Gasteiger partial charge in [0.2, 0.25) is 5.91 Å². The van der Waals surface area contributed by atoms with Gasteiger partial charge in [0.1, 0.15) is 18.0 Å². The molecule has 0 unspecified atom stereocenters. The van der Waals surface area contributed by atoms with Crippen LogP contribution in [0.4, 0.5) is 18.9 Å². The number of anilines is 1. The molecule has 32 heavy (non-hydrogen) atoms. The van der Waals surface area contributed by atoms with Crippen molar-refractivity contribution < 1.29 is 22.7 Å². The Morgan fingerprint density at radius 1 is 1.12 bits per heavy atom. The minimum atomic E-state index is -1.66. The second-order valence-electron chi connectivity index (χ2n) is 6.88. The van der Waals surface area contributed by atoms with Crippen molar-refractivity contribution in [1.29, 1.82) is 0 Å². The Balaban J connectivity index is 1.50. The fraction of sp³-hybridized carbons (Fsp3) is 0.143. The summed E-state index contributed by atoms with van der Waals surface area (Å²) in [6.07, 6.45) is 5.07. The van der Waals surface area contributed by atoms with Crippen molar-refractivity contribution in [2.24, 2.45) is 0 Å². The van der Waals surface area contributed by atoms with E-state index in [1.54, 1.807) is 19.5 Å². The minimum Gasteiger partial charge on any atom is -0.495 e. The molecule has 0 spiro atoms. The zero-order valence-corrected chi connectivity index (χ0v) is 17.0. The molecule has 4 rings (SSSR count). The van der Waals surface area contributed by atoms with Gasteiger partial charge in [0, 0.05) is 11.8 Å². The van der Waals surface area contributed by atoms with Gasteiger partial charge in [-0.05, 0) is 31.2 Å². The maximum Gasteiger partial charge on any atom is 0.246 e. The van der Waals surface area contributed by atoms with Gasteiger partial charge in [-0.3, -0.25) is 4.79 Å². The van der Waals surface area contributed by atoms with Crippen molar-refractivity contribution in [1.82, 2.24) is 24.5 Å². The molecule has 0 fully saturated rings. The molecule has 0 bridgehead atoms. The summed E-state index contributed by atoms with van der Waals surface area (Å²) < 4.78 is 48.6. The molecule has 4 aromatic rings. The van der Waals surface area contributed by atoms with Gasteiger partial charge in [-0.2, -0.15) is 0 Å². The summed E-state index contributed by atoms with van der Waals surface area (Å²) in [4.78, 5) is 16.4. The molecule has 0 saturated carbocycles. The molecule has 2 aromatic carbocycles. The predicted molar refractivity (Wildman–Crippen MR) is 109 cm³/mol. The number of aromatic nitrogens is 5. The molecule has 0 radical (unpaired) electrons. The molecule has 0 aliphatic carbocycles. The number of carbonyl (C=O) groups is 1. The zero-order valence-electron chi connectivity index (χ0n) is 17.0. The lowest BCUT2D eigenvalue weighted by Gasteiger charge is -2.10. The van der Waals surface area contributed by atoms with Crippen molar-refractivity contribution >= 4 is 11.6 Å². The average molecular weight is 442 g/mol. The number of aryl methyl sites for hydroxylation is 1. The van der Waals surface area contributed by atoms with E-state index in [1.807, 2.05) is 29.8 Å². The van der Waals surface area contributed by atoms with Crippen molar-refractivity contribution in [3.05, 3.63) is 72.2 Å². The third kappa shape index (κ3) is 4.17. The molecule has 0 atom stereocenters. The van der Waals surface area contributed by atoms with E-state index >= 15 is 0 Å². The number of ether oxygens (including phenoxy) is 1. The SMILES string of the molecule is COc1cc(-c2cn(CC(=O)Nc3ccc(F)c(F)c3F)nn2)ccc1-n1cnc(C)c1. The highest BCUT2D eigenvalue weighted by molar-refractivity contribution is 5.90. The molecule has 1 N–H and O–H groups in total. The van der Waals surface area contributed by atoms with Crippen molar-refractivity contribution in [2.75, 3.05) is 12.4 Å². The van der Waals surface area contributed by atoms with Crippen LogP contribution in [-0.2, 0) is 11.3 Å². The Morgan fingerprint density at radius 3 is 2.66 bits per heavy atom. The second kappa shape index (κ2) is 8.53. The molecule has 0 saturated heterocycles. The standard InChI is InChI=1S/C21H17F3N6O2/c1-12-8-29(11-25-12)17-6-3-13(7-18(17)32-2)16-9-30(28-27-16)10-19(31)26-15-5-4-14(22)20(23)21(15)24/h3-9,11H,10H2,1-2H3,(H,26,31). The lowest BCUT2D eigenvalue weighted by molar-refractivity contribution is -0.117. The van der Waals surface area contributed by atoms with Crippen LogP contribution in [0.25, 0.3) is 16.9 Å². The van der Waals surface area contributed by atoms with Crippen LogP contribution in [0.2, 0.25) is 0 Å². The number of halogens is 3. The predicted octanol–water partition coefficient (Wildman–Crippen LogP) is 3.50. The number of rotatable bonds is 6. The lowest BCUT2D eigenvalue weighted by Crippen LogP contribution is -2.20. The van der Waals surface area contributed by atoms with E-state index in [0.29, 0.717) is 17.0 Å². The number of amides is 1. The van der Waals surface area contributed by atoms with Gasteiger partial charge in [-0.15, -0.1) is 5.10 Å². The van der Waals surface area contributed by atoms with E-state index < -0.39 is 29.0 Å². The van der Waals surface area contributed by atoms with E-state index in [-0.39, 0.29) is 6.54 Å². The Morgan fingerprint density at radius 2 is 1.94 bits per heavy atom. The summed E-state index contributed by atoms with van der Waals surface area (Å²) in [6, 6.07) is 7.10. The fourth-order valence-corrected chi connectivity index (χ4v) is 3.07. The summed E-state index contributed by atoms with van der Waals surface area (Å²) in [5.41, 5.74) is 2.35. The quantitative estimate of drug-likeness (QED) is 0.462. The van der Waals surface area contributed by atoms with E-state index in [1.165, 1.54) is 10.9 Å². The van der Waals surface area contributed by atoms with Crippen molar-refractivity contribution in [3.8, 4) is 22.7 Å². The topological polar surface area (TPSA) is 86.9 Å². The van der Waals surface area contributed by atoms with Crippen LogP contribution in [0.5, 0.6) is 5.75 Å². The van der Waals surface area contributed by atoms with Gasteiger partial charge in [0.25, 0.3) is 0 Å². The molecule has 11 heteroatoms. The summed E-state index contributed by atoms with van der Waals surface area (Å²) in [5, 5.41) is 10.1. The Hall–Kier alpha value is -4.15. The number of imidazole rings is 1. The molecule has 0 aliphatic heterocycles. The number of hydrogen-bond acceptors (Lipinski definition) is 5. The number of nitrogens with one attached hydrogen (secondary N) is 1. The van der Waals surface area contributed by atoms with Gasteiger partial charge >= 0.3 is 0 Å². The number of methoxy groups -OCH3 is 1. The van der Waals surface area contributed by atoms with Gasteiger partial charge in [0.15, 0.2) is 17.5 Å². The third-order valence-corrected chi connectivity index (χ3v) is 4.62. The first-order valence-corrected chi connectivity index (χ1v) is 9.38. The highest BCUT2D eigenvalue weighted by Gasteiger charge is 2.16. The Kier molecular flexibility index (Phi) is 5.63. The molecule has 2 heterocycles. The maximum absolute atomic E-state index is 13.7. The van der Waals surface area contributed by atoms with Crippen molar-refractivity contribution in [3.63, 3.8) is 0 Å². The maximum atomic E-state index is 13.7. The van der Waals surface area contributed by atoms with Crippen LogP contribution < -0.4 is 10.1 Å². The Labute approximate surface area is 180 Å². The lowest BCUT2D eigenvalue weighted by atomic mass is 10.1. The first-order valence-electron chi connectivity index (χ1n) is 9.38. The molecule has 164 valence electrons. The highest BCUT2D eigenvalue weighted by atomic mass is 19.2. The van der Waals surface area contributed by atoms with Gasteiger partial charge < -0.3 is 14.6 Å². The highest BCUT2D eigenvalue weighted by Crippen LogP contribution is 2.29. The van der Waals surface area contributed by atoms with Crippen LogP contribution in [0.1, 0.15) is 5.69 Å². The van der Waals surface area contributed by atoms with Crippen LogP contribution in [-0.4, -0.2) is 37.6 Å². The van der Waals surface area contributed by atoms with E-state index in [0.717, 1.165) is 23.5 Å². The molecular formula is C21H17F3N6O2. The molecule has 0 aliphatic rings. The minimum absolute atomic E-state index is 0.311. The largest absolute Gasteiger partial charge is 0.495 e. The average Bonchev–Trinajstić information content (AvgIpc) is 3.42. The van der Waals surface area contributed by atoms with Gasteiger partial charge in [0.05, 0.1) is 36.7 Å². The zero-order chi connectivity index (χ0) is 22.8. The number of benzene rings is 2. The molecular weight excluding hydrogens is 425 g/mol. The van der Waals surface area contributed by atoms with Gasteiger partial charge in [-0.1, -0.05) is 11.3 Å². The van der Waals surface area contributed by atoms with Crippen LogP contribution in [0.3, 0.4) is 0 Å². The normalized spacial score (nSPS) is 10.9. The fourth-order valence-electron chi connectivity index (χ4n) is 3.07. The van der Waals surface area contributed by atoms with E-state index in [4.69, 9.17) is 4.74 Å². The van der Waals surface area contributed by atoms with Crippen LogP contribution in [0, 0.1) is 24.4 Å². The third-order valence-electron chi connectivity index (χ3n) is 4.62. The van der Waals surface area contributed by atoms with E-state index in [2.05, 4.69) is 20.6 Å². The summed E-state index contributed by atoms with van der Waals surface area (Å²) >= 11 is 0. The van der Waals surface area contributed by atoms with Crippen LogP contribution in [0.15, 0.2) is 49.1 Å².